The highest BCUT2D eigenvalue weighted by molar-refractivity contribution is 6.33. The zero-order chi connectivity index (χ0) is 17.1. The number of halogens is 1. The molecule has 1 heterocycles. The van der Waals surface area contributed by atoms with Gasteiger partial charge in [-0.3, -0.25) is 4.79 Å². The summed E-state index contributed by atoms with van der Waals surface area (Å²) in [5, 5.41) is 3.56. The Morgan fingerprint density at radius 2 is 1.96 bits per heavy atom. The Morgan fingerprint density at radius 1 is 1.21 bits per heavy atom. The predicted octanol–water partition coefficient (Wildman–Crippen LogP) is 4.51. The topological polar surface area (TPSA) is 41.6 Å². The molecule has 4 nitrogen and oxygen atoms in total. The van der Waals surface area contributed by atoms with Crippen LogP contribution in [0.3, 0.4) is 0 Å². The first-order chi connectivity index (χ1) is 11.6. The molecule has 24 heavy (non-hydrogen) atoms. The quantitative estimate of drug-likeness (QED) is 0.887. The Labute approximate surface area is 147 Å². The molecule has 0 unspecified atom stereocenters. The Balaban J connectivity index is 1.80. The molecule has 0 aliphatic carbocycles. The summed E-state index contributed by atoms with van der Waals surface area (Å²) in [5.41, 5.74) is 3.14. The van der Waals surface area contributed by atoms with Crippen LogP contribution < -0.4 is 15.0 Å². The monoisotopic (exact) mass is 344 g/mol. The number of ether oxygens (including phenoxy) is 1. The number of amides is 1. The van der Waals surface area contributed by atoms with E-state index >= 15 is 0 Å². The van der Waals surface area contributed by atoms with Crippen LogP contribution in [0.15, 0.2) is 36.4 Å². The highest BCUT2D eigenvalue weighted by atomic mass is 35.5. The maximum absolute atomic E-state index is 12.6. The van der Waals surface area contributed by atoms with Crippen LogP contribution in [0.2, 0.25) is 5.02 Å². The van der Waals surface area contributed by atoms with Gasteiger partial charge in [0.15, 0.2) is 0 Å². The molecule has 1 fully saturated rings. The Hall–Kier alpha value is -2.20. The third-order valence-corrected chi connectivity index (χ3v) is 4.62. The van der Waals surface area contributed by atoms with E-state index in [-0.39, 0.29) is 5.91 Å². The minimum atomic E-state index is -0.208. The molecule has 2 aromatic rings. The van der Waals surface area contributed by atoms with Gasteiger partial charge in [0, 0.05) is 18.8 Å². The van der Waals surface area contributed by atoms with Crippen molar-refractivity contribution in [2.24, 2.45) is 0 Å². The average molecular weight is 345 g/mol. The normalized spacial score (nSPS) is 13.9. The number of methoxy groups -OCH3 is 1. The van der Waals surface area contributed by atoms with Crippen LogP contribution in [0.5, 0.6) is 5.75 Å². The fraction of sp³-hybridized carbons (Fsp3) is 0.316. The number of hydrogen-bond acceptors (Lipinski definition) is 3. The van der Waals surface area contributed by atoms with Crippen LogP contribution in [-0.2, 0) is 0 Å². The zero-order valence-corrected chi connectivity index (χ0v) is 14.7. The molecule has 0 bridgehead atoms. The molecule has 5 heteroatoms. The third-order valence-electron chi connectivity index (χ3n) is 4.31. The van der Waals surface area contributed by atoms with Gasteiger partial charge in [0.25, 0.3) is 5.91 Å². The van der Waals surface area contributed by atoms with Gasteiger partial charge in [0.2, 0.25) is 0 Å². The number of benzene rings is 2. The highest BCUT2D eigenvalue weighted by Crippen LogP contribution is 2.31. The summed E-state index contributed by atoms with van der Waals surface area (Å²) in [6.07, 6.45) is 2.39. The van der Waals surface area contributed by atoms with Gasteiger partial charge in [-0.05, 0) is 49.6 Å². The van der Waals surface area contributed by atoms with Gasteiger partial charge in [-0.15, -0.1) is 0 Å². The van der Waals surface area contributed by atoms with Crippen molar-refractivity contribution in [1.82, 2.24) is 0 Å². The number of hydrogen-bond donors (Lipinski definition) is 1. The van der Waals surface area contributed by atoms with Crippen molar-refractivity contribution in [2.45, 2.75) is 19.8 Å². The minimum absolute atomic E-state index is 0.208. The molecular weight excluding hydrogens is 324 g/mol. The summed E-state index contributed by atoms with van der Waals surface area (Å²) in [7, 11) is 1.57. The molecular formula is C19H21ClN2O2. The lowest BCUT2D eigenvalue weighted by Gasteiger charge is -2.19. The van der Waals surface area contributed by atoms with Crippen LogP contribution in [0, 0.1) is 6.92 Å². The zero-order valence-electron chi connectivity index (χ0n) is 13.9. The number of nitrogens with zero attached hydrogens (tertiary/aromatic N) is 1. The number of carbonyl (C=O) groups is 1. The number of anilines is 2. The molecule has 0 saturated carbocycles. The third kappa shape index (κ3) is 3.34. The van der Waals surface area contributed by atoms with Gasteiger partial charge in [0.05, 0.1) is 23.4 Å². The van der Waals surface area contributed by atoms with Crippen molar-refractivity contribution in [3.63, 3.8) is 0 Å². The second-order valence-electron chi connectivity index (χ2n) is 5.97. The van der Waals surface area contributed by atoms with E-state index in [1.807, 2.05) is 31.2 Å². The van der Waals surface area contributed by atoms with Crippen LogP contribution in [-0.4, -0.2) is 26.1 Å². The van der Waals surface area contributed by atoms with Crippen LogP contribution in [0.1, 0.15) is 28.8 Å². The lowest BCUT2D eigenvalue weighted by atomic mass is 10.1. The van der Waals surface area contributed by atoms with Gasteiger partial charge < -0.3 is 15.0 Å². The summed E-state index contributed by atoms with van der Waals surface area (Å²) < 4.78 is 5.35. The molecule has 1 aliphatic rings. The minimum Gasteiger partial charge on any atom is -0.496 e. The largest absolute Gasteiger partial charge is 0.496 e. The lowest BCUT2D eigenvalue weighted by molar-refractivity contribution is 0.102. The molecule has 1 N–H and O–H groups in total. The molecule has 0 atom stereocenters. The first-order valence-corrected chi connectivity index (χ1v) is 8.47. The fourth-order valence-corrected chi connectivity index (χ4v) is 3.40. The SMILES string of the molecule is COc1c(C)cccc1C(=O)Nc1ccc(N2CCCC2)c(Cl)c1. The van der Waals surface area contributed by atoms with Gasteiger partial charge >= 0.3 is 0 Å². The maximum atomic E-state index is 12.6. The standard InChI is InChI=1S/C19H21ClN2O2/c1-13-6-5-7-15(18(13)24-2)19(23)21-14-8-9-17(16(20)12-14)22-10-3-4-11-22/h5-9,12H,3-4,10-11H2,1-2H3,(H,21,23). The summed E-state index contributed by atoms with van der Waals surface area (Å²) in [5.74, 6) is 0.385. The van der Waals surface area contributed by atoms with Crippen LogP contribution >= 0.6 is 11.6 Å². The molecule has 0 aromatic heterocycles. The first-order valence-electron chi connectivity index (χ1n) is 8.09. The van der Waals surface area contributed by atoms with E-state index in [1.165, 1.54) is 12.8 Å². The van der Waals surface area contributed by atoms with E-state index in [1.54, 1.807) is 19.2 Å². The van der Waals surface area contributed by atoms with E-state index in [9.17, 15) is 4.79 Å². The molecule has 0 radical (unpaired) electrons. The molecule has 1 saturated heterocycles. The Morgan fingerprint density at radius 3 is 2.62 bits per heavy atom. The molecule has 3 rings (SSSR count). The van der Waals surface area contributed by atoms with Gasteiger partial charge in [0.1, 0.15) is 5.75 Å². The average Bonchev–Trinajstić information content (AvgIpc) is 3.09. The van der Waals surface area contributed by atoms with E-state index < -0.39 is 0 Å². The molecule has 126 valence electrons. The highest BCUT2D eigenvalue weighted by Gasteiger charge is 2.17. The van der Waals surface area contributed by atoms with Gasteiger partial charge in [-0.1, -0.05) is 23.7 Å². The second kappa shape index (κ2) is 7.14. The number of carbonyl (C=O) groups excluding carboxylic acids is 1. The van der Waals surface area contributed by atoms with Crippen LogP contribution in [0.25, 0.3) is 0 Å². The van der Waals surface area contributed by atoms with Crippen molar-refractivity contribution >= 4 is 28.9 Å². The molecule has 1 aliphatic heterocycles. The van der Waals surface area contributed by atoms with E-state index in [2.05, 4.69) is 10.2 Å². The smallest absolute Gasteiger partial charge is 0.259 e. The van der Waals surface area contributed by atoms with E-state index in [4.69, 9.17) is 16.3 Å². The molecule has 1 amide bonds. The second-order valence-corrected chi connectivity index (χ2v) is 6.38. The number of rotatable bonds is 4. The lowest BCUT2D eigenvalue weighted by Crippen LogP contribution is -2.18. The van der Waals surface area contributed by atoms with E-state index in [0.29, 0.717) is 22.0 Å². The first kappa shape index (κ1) is 16.7. The summed E-state index contributed by atoms with van der Waals surface area (Å²) >= 11 is 6.41. The molecule has 2 aromatic carbocycles. The van der Waals surface area contributed by atoms with Crippen LogP contribution in [0.4, 0.5) is 11.4 Å². The molecule has 0 spiro atoms. The predicted molar refractivity (Wildman–Crippen MR) is 98.6 cm³/mol. The summed E-state index contributed by atoms with van der Waals surface area (Å²) in [4.78, 5) is 14.8. The number of para-hydroxylation sites is 1. The van der Waals surface area contributed by atoms with Crippen molar-refractivity contribution in [1.29, 1.82) is 0 Å². The number of nitrogens with one attached hydrogen (secondary N) is 1. The summed E-state index contributed by atoms with van der Waals surface area (Å²) in [6, 6.07) is 11.2. The Kier molecular flexibility index (Phi) is 4.95. The maximum Gasteiger partial charge on any atom is 0.259 e. The van der Waals surface area contributed by atoms with E-state index in [0.717, 1.165) is 24.3 Å². The fourth-order valence-electron chi connectivity index (χ4n) is 3.10. The van der Waals surface area contributed by atoms with Crippen molar-refractivity contribution in [3.8, 4) is 5.75 Å². The van der Waals surface area contributed by atoms with Gasteiger partial charge in [-0.25, -0.2) is 0 Å². The Bertz CT molecular complexity index is 755. The van der Waals surface area contributed by atoms with Crippen molar-refractivity contribution in [3.05, 3.63) is 52.5 Å². The van der Waals surface area contributed by atoms with Crippen molar-refractivity contribution in [2.75, 3.05) is 30.4 Å². The van der Waals surface area contributed by atoms with Gasteiger partial charge in [-0.2, -0.15) is 0 Å². The van der Waals surface area contributed by atoms with Crippen molar-refractivity contribution < 1.29 is 9.53 Å². The summed E-state index contributed by atoms with van der Waals surface area (Å²) in [6.45, 7) is 3.98. The number of aryl methyl sites for hydroxylation is 1.